The fraction of sp³-hybridized carbons (Fsp3) is 0.500. The van der Waals surface area contributed by atoms with Crippen molar-refractivity contribution < 1.29 is 19.1 Å². The SMILES string of the molecule is Cc1ccc(NC(=O)C2C3C=CC4(O3)C2C(=O)N(Cc2cccnc2)C4C(=O)NC2CCCC(C)C2C)cc1C. The zero-order valence-corrected chi connectivity index (χ0v) is 23.6. The van der Waals surface area contributed by atoms with E-state index in [1.807, 2.05) is 56.3 Å². The summed E-state index contributed by atoms with van der Waals surface area (Å²) in [4.78, 5) is 47.9. The number of fused-ring (bicyclic) bond motifs is 1. The van der Waals surface area contributed by atoms with E-state index in [-0.39, 0.29) is 30.3 Å². The minimum Gasteiger partial charge on any atom is -0.359 e. The summed E-state index contributed by atoms with van der Waals surface area (Å²) in [6.45, 7) is 8.65. The number of pyridine rings is 1. The number of rotatable bonds is 6. The average molecular weight is 543 g/mol. The summed E-state index contributed by atoms with van der Waals surface area (Å²) in [5, 5.41) is 6.32. The van der Waals surface area contributed by atoms with Crippen molar-refractivity contribution in [1.82, 2.24) is 15.2 Å². The van der Waals surface area contributed by atoms with Crippen LogP contribution in [0.5, 0.6) is 0 Å². The second kappa shape index (κ2) is 10.1. The van der Waals surface area contributed by atoms with Gasteiger partial charge in [0.2, 0.25) is 17.7 Å². The van der Waals surface area contributed by atoms with E-state index in [0.717, 1.165) is 36.0 Å². The molecule has 4 heterocycles. The van der Waals surface area contributed by atoms with Gasteiger partial charge in [0.25, 0.3) is 0 Å². The van der Waals surface area contributed by atoms with Crippen LogP contribution >= 0.6 is 0 Å². The van der Waals surface area contributed by atoms with Crippen LogP contribution in [-0.2, 0) is 25.7 Å². The highest BCUT2D eigenvalue weighted by Gasteiger charge is 2.72. The van der Waals surface area contributed by atoms with E-state index in [0.29, 0.717) is 17.5 Å². The summed E-state index contributed by atoms with van der Waals surface area (Å²) in [6, 6.07) is 8.63. The normalized spacial score (nSPS) is 34.1. The molecule has 8 unspecified atom stereocenters. The molecule has 2 N–H and O–H groups in total. The smallest absolute Gasteiger partial charge is 0.246 e. The van der Waals surface area contributed by atoms with Crippen molar-refractivity contribution >= 4 is 23.4 Å². The van der Waals surface area contributed by atoms with Crippen LogP contribution in [0.2, 0.25) is 0 Å². The summed E-state index contributed by atoms with van der Waals surface area (Å²) >= 11 is 0. The highest BCUT2D eigenvalue weighted by Crippen LogP contribution is 2.55. The molecule has 3 fully saturated rings. The number of hydrogen-bond acceptors (Lipinski definition) is 5. The number of nitrogens with one attached hydrogen (secondary N) is 2. The summed E-state index contributed by atoms with van der Waals surface area (Å²) in [7, 11) is 0. The van der Waals surface area contributed by atoms with Crippen molar-refractivity contribution in [3.63, 3.8) is 0 Å². The molecule has 1 spiro atoms. The van der Waals surface area contributed by atoms with E-state index in [4.69, 9.17) is 4.74 Å². The van der Waals surface area contributed by atoms with Gasteiger partial charge in [-0.3, -0.25) is 19.4 Å². The van der Waals surface area contributed by atoms with Gasteiger partial charge in [-0.25, -0.2) is 0 Å². The molecule has 1 saturated carbocycles. The Bertz CT molecular complexity index is 1360. The fourth-order valence-electron chi connectivity index (χ4n) is 7.22. The standard InChI is InChI=1S/C32H38N4O4/c1-18-10-11-23(15-20(18)3)34-29(37)26-25-12-13-32(40-25)27(26)31(39)36(17-22-8-6-14-33-16-22)28(32)30(38)35-24-9-5-7-19(2)21(24)4/h6,8,10-16,19,21,24-28H,5,7,9,17H2,1-4H3,(H,34,37)(H,35,38). The third kappa shape index (κ3) is 4.33. The van der Waals surface area contributed by atoms with Gasteiger partial charge in [0.1, 0.15) is 11.6 Å². The van der Waals surface area contributed by atoms with Crippen LogP contribution in [0.15, 0.2) is 54.9 Å². The number of amides is 3. The molecular formula is C32H38N4O4. The van der Waals surface area contributed by atoms with Crippen molar-refractivity contribution in [1.29, 1.82) is 0 Å². The maximum absolute atomic E-state index is 14.2. The van der Waals surface area contributed by atoms with Crippen LogP contribution in [0.1, 0.15) is 49.8 Å². The predicted molar refractivity (Wildman–Crippen MR) is 151 cm³/mol. The Labute approximate surface area is 235 Å². The molecule has 1 aliphatic carbocycles. The number of hydrogen-bond donors (Lipinski definition) is 2. The quantitative estimate of drug-likeness (QED) is 0.539. The summed E-state index contributed by atoms with van der Waals surface area (Å²) in [6.07, 6.45) is 9.66. The summed E-state index contributed by atoms with van der Waals surface area (Å²) in [5.74, 6) is -1.39. The Balaban J connectivity index is 1.32. The number of carbonyl (C=O) groups excluding carboxylic acids is 3. The van der Waals surface area contributed by atoms with Crippen LogP contribution in [0.3, 0.4) is 0 Å². The van der Waals surface area contributed by atoms with Crippen molar-refractivity contribution in [2.45, 2.75) is 77.3 Å². The first kappa shape index (κ1) is 26.7. The van der Waals surface area contributed by atoms with Crippen LogP contribution in [0, 0.1) is 37.5 Å². The number of aryl methyl sites for hydroxylation is 2. The van der Waals surface area contributed by atoms with E-state index in [2.05, 4.69) is 29.5 Å². The van der Waals surface area contributed by atoms with Crippen molar-refractivity contribution in [3.8, 4) is 0 Å². The Morgan fingerprint density at radius 1 is 1.12 bits per heavy atom. The number of carbonyl (C=O) groups is 3. The van der Waals surface area contributed by atoms with Crippen LogP contribution in [0.4, 0.5) is 5.69 Å². The van der Waals surface area contributed by atoms with E-state index in [1.54, 1.807) is 17.3 Å². The van der Waals surface area contributed by atoms with Gasteiger partial charge in [-0.05, 0) is 67.0 Å². The first-order valence-electron chi connectivity index (χ1n) is 14.4. The molecule has 40 heavy (non-hydrogen) atoms. The number of likely N-dealkylation sites (tertiary alicyclic amines) is 1. The number of aromatic nitrogens is 1. The molecule has 4 aliphatic rings. The molecule has 8 heteroatoms. The lowest BCUT2D eigenvalue weighted by atomic mass is 9.73. The van der Waals surface area contributed by atoms with Crippen LogP contribution in [0.25, 0.3) is 0 Å². The molecule has 1 aromatic carbocycles. The number of ether oxygens (including phenoxy) is 1. The predicted octanol–water partition coefficient (Wildman–Crippen LogP) is 3.93. The molecule has 1 aromatic heterocycles. The zero-order valence-electron chi connectivity index (χ0n) is 23.6. The van der Waals surface area contributed by atoms with Crippen molar-refractivity contribution in [2.75, 3.05) is 5.32 Å². The first-order valence-corrected chi connectivity index (χ1v) is 14.4. The highest BCUT2D eigenvalue weighted by atomic mass is 16.5. The Hall–Kier alpha value is -3.52. The van der Waals surface area contributed by atoms with Gasteiger partial charge in [-0.1, -0.05) is 51.0 Å². The second-order valence-corrected chi connectivity index (χ2v) is 12.2. The first-order chi connectivity index (χ1) is 19.2. The van der Waals surface area contributed by atoms with E-state index < -0.39 is 29.6 Å². The number of anilines is 1. The van der Waals surface area contributed by atoms with Crippen LogP contribution in [-0.4, -0.2) is 51.4 Å². The van der Waals surface area contributed by atoms with Crippen molar-refractivity contribution in [3.05, 3.63) is 71.6 Å². The zero-order chi connectivity index (χ0) is 28.2. The van der Waals surface area contributed by atoms with Gasteiger partial charge in [0, 0.05) is 30.7 Å². The maximum atomic E-state index is 14.2. The summed E-state index contributed by atoms with van der Waals surface area (Å²) in [5.41, 5.74) is 2.51. The number of benzene rings is 1. The van der Waals surface area contributed by atoms with Gasteiger partial charge >= 0.3 is 0 Å². The van der Waals surface area contributed by atoms with Gasteiger partial charge in [-0.15, -0.1) is 0 Å². The number of nitrogens with zero attached hydrogens (tertiary/aromatic N) is 2. The monoisotopic (exact) mass is 542 g/mol. The fourth-order valence-corrected chi connectivity index (χ4v) is 7.22. The van der Waals surface area contributed by atoms with Gasteiger partial charge in [0.15, 0.2) is 0 Å². The topological polar surface area (TPSA) is 101 Å². The Morgan fingerprint density at radius 3 is 2.70 bits per heavy atom. The summed E-state index contributed by atoms with van der Waals surface area (Å²) < 4.78 is 6.50. The molecule has 0 radical (unpaired) electrons. The second-order valence-electron chi connectivity index (χ2n) is 12.2. The molecule has 210 valence electrons. The molecular weight excluding hydrogens is 504 g/mol. The van der Waals surface area contributed by atoms with Crippen LogP contribution < -0.4 is 10.6 Å². The van der Waals surface area contributed by atoms with E-state index in [9.17, 15) is 14.4 Å². The highest BCUT2D eigenvalue weighted by molar-refractivity contribution is 6.02. The molecule has 2 saturated heterocycles. The maximum Gasteiger partial charge on any atom is 0.246 e. The molecule has 8 atom stereocenters. The molecule has 6 rings (SSSR count). The van der Waals surface area contributed by atoms with E-state index in [1.165, 1.54) is 0 Å². The molecule has 2 bridgehead atoms. The Morgan fingerprint density at radius 2 is 1.95 bits per heavy atom. The minimum absolute atomic E-state index is 0.0356. The van der Waals surface area contributed by atoms with Crippen molar-refractivity contribution in [2.24, 2.45) is 23.7 Å². The average Bonchev–Trinajstić information content (AvgIpc) is 3.57. The lowest BCUT2D eigenvalue weighted by molar-refractivity contribution is -0.142. The van der Waals surface area contributed by atoms with E-state index >= 15 is 0 Å². The third-order valence-corrected chi connectivity index (χ3v) is 9.81. The molecule has 8 nitrogen and oxygen atoms in total. The van der Waals surface area contributed by atoms with Gasteiger partial charge < -0.3 is 20.3 Å². The largest absolute Gasteiger partial charge is 0.359 e. The minimum atomic E-state index is -1.19. The molecule has 2 aromatic rings. The lowest BCUT2D eigenvalue weighted by Crippen LogP contribution is -2.57. The molecule has 3 aliphatic heterocycles. The van der Waals surface area contributed by atoms with Gasteiger partial charge in [0.05, 0.1) is 17.9 Å². The lowest BCUT2D eigenvalue weighted by Gasteiger charge is -2.38. The van der Waals surface area contributed by atoms with Gasteiger partial charge in [-0.2, -0.15) is 0 Å². The Kier molecular flexibility index (Phi) is 6.77. The molecule has 3 amide bonds. The third-order valence-electron chi connectivity index (χ3n) is 9.81.